The van der Waals surface area contributed by atoms with Crippen LogP contribution in [0.2, 0.25) is 0 Å². The van der Waals surface area contributed by atoms with E-state index >= 15 is 0 Å². The van der Waals surface area contributed by atoms with E-state index in [1.165, 1.54) is 19.3 Å². The van der Waals surface area contributed by atoms with E-state index in [2.05, 4.69) is 6.92 Å². The fourth-order valence-electron chi connectivity index (χ4n) is 2.38. The van der Waals surface area contributed by atoms with Gasteiger partial charge in [0.2, 0.25) is 0 Å². The average Bonchev–Trinajstić information content (AvgIpc) is 2.38. The van der Waals surface area contributed by atoms with Gasteiger partial charge in [0.1, 0.15) is 5.75 Å². The van der Waals surface area contributed by atoms with Crippen LogP contribution in [-0.4, -0.2) is 18.3 Å². The highest BCUT2D eigenvalue weighted by atomic mass is 35.5. The molecule has 0 radical (unpaired) electrons. The lowest BCUT2D eigenvalue weighted by Crippen LogP contribution is -2.06. The van der Waals surface area contributed by atoms with Gasteiger partial charge in [0.05, 0.1) is 6.61 Å². The Balaban J connectivity index is 2.66. The van der Waals surface area contributed by atoms with Crippen LogP contribution in [0, 0.1) is 13.8 Å². The fourth-order valence-corrected chi connectivity index (χ4v) is 2.55. The minimum absolute atomic E-state index is 0.115. The first-order chi connectivity index (χ1) is 9.60. The van der Waals surface area contributed by atoms with E-state index in [1.54, 1.807) is 0 Å². The number of halogens is 1. The Bertz CT molecular complexity index is 418. The molecule has 0 atom stereocenters. The van der Waals surface area contributed by atoms with Gasteiger partial charge in [-0.15, -0.1) is 11.6 Å². The number of rotatable bonds is 9. The number of ether oxygens (including phenoxy) is 1. The van der Waals surface area contributed by atoms with Gasteiger partial charge in [-0.25, -0.2) is 0 Å². The van der Waals surface area contributed by atoms with Gasteiger partial charge in [-0.2, -0.15) is 0 Å². The van der Waals surface area contributed by atoms with Crippen LogP contribution in [0.25, 0.3) is 0 Å². The molecule has 112 valence electrons. The largest absolute Gasteiger partial charge is 0.494 e. The van der Waals surface area contributed by atoms with Crippen LogP contribution in [-0.2, 0) is 0 Å². The van der Waals surface area contributed by atoms with Crippen molar-refractivity contribution in [2.24, 2.45) is 0 Å². The number of alkyl halides is 1. The van der Waals surface area contributed by atoms with Crippen LogP contribution in [0.1, 0.15) is 60.5 Å². The van der Waals surface area contributed by atoms with E-state index in [-0.39, 0.29) is 5.78 Å². The monoisotopic (exact) mass is 296 g/mol. The van der Waals surface area contributed by atoms with E-state index in [4.69, 9.17) is 16.3 Å². The first kappa shape index (κ1) is 17.0. The van der Waals surface area contributed by atoms with Crippen molar-refractivity contribution in [2.75, 3.05) is 12.5 Å². The van der Waals surface area contributed by atoms with Gasteiger partial charge in [0, 0.05) is 17.9 Å². The maximum atomic E-state index is 12.0. The van der Waals surface area contributed by atoms with Gasteiger partial charge in [0.25, 0.3) is 0 Å². The summed E-state index contributed by atoms with van der Waals surface area (Å²) in [6.07, 6.45) is 5.17. The highest BCUT2D eigenvalue weighted by Gasteiger charge is 2.13. The topological polar surface area (TPSA) is 26.3 Å². The average molecular weight is 297 g/mol. The van der Waals surface area contributed by atoms with E-state index in [0.29, 0.717) is 12.3 Å². The van der Waals surface area contributed by atoms with Gasteiger partial charge < -0.3 is 4.74 Å². The molecule has 0 saturated heterocycles. The molecule has 0 heterocycles. The normalized spacial score (nSPS) is 10.6. The van der Waals surface area contributed by atoms with Crippen LogP contribution in [0.15, 0.2) is 12.1 Å². The molecule has 0 saturated carbocycles. The summed E-state index contributed by atoms with van der Waals surface area (Å²) in [5.74, 6) is 1.34. The minimum Gasteiger partial charge on any atom is -0.494 e. The quantitative estimate of drug-likeness (QED) is 0.361. The van der Waals surface area contributed by atoms with Crippen molar-refractivity contribution >= 4 is 17.4 Å². The molecular formula is C17H25ClO2. The third-order valence-electron chi connectivity index (χ3n) is 3.37. The summed E-state index contributed by atoms with van der Waals surface area (Å²) in [6.45, 7) is 6.86. The number of ketones is 1. The van der Waals surface area contributed by atoms with Crippen molar-refractivity contribution in [3.63, 3.8) is 0 Å². The molecule has 0 aliphatic carbocycles. The highest BCUT2D eigenvalue weighted by Crippen LogP contribution is 2.23. The van der Waals surface area contributed by atoms with Crippen LogP contribution < -0.4 is 4.74 Å². The van der Waals surface area contributed by atoms with Crippen molar-refractivity contribution in [1.29, 1.82) is 0 Å². The number of unbranched alkanes of at least 4 members (excludes halogenated alkanes) is 3. The van der Waals surface area contributed by atoms with E-state index in [1.807, 2.05) is 26.0 Å². The lowest BCUT2D eigenvalue weighted by Gasteiger charge is -2.12. The SMILES string of the molecule is CCCCCCOc1cc(C)c(C(=O)CCCl)c(C)c1. The predicted molar refractivity (Wildman–Crippen MR) is 85.2 cm³/mol. The standard InChI is InChI=1S/C17H25ClO2/c1-4-5-6-7-10-20-15-11-13(2)17(14(3)12-15)16(19)8-9-18/h11-12H,4-10H2,1-3H3. The number of hydrogen-bond acceptors (Lipinski definition) is 2. The molecule has 0 aliphatic heterocycles. The number of carbonyl (C=O) groups excluding carboxylic acids is 1. The summed E-state index contributed by atoms with van der Waals surface area (Å²) in [7, 11) is 0. The Morgan fingerprint density at radius 2 is 1.80 bits per heavy atom. The Hall–Kier alpha value is -1.02. The summed E-state index contributed by atoms with van der Waals surface area (Å²) >= 11 is 5.65. The van der Waals surface area contributed by atoms with Crippen LogP contribution >= 0.6 is 11.6 Å². The van der Waals surface area contributed by atoms with Crippen LogP contribution in [0.5, 0.6) is 5.75 Å². The van der Waals surface area contributed by atoms with Crippen LogP contribution in [0.3, 0.4) is 0 Å². The Kier molecular flexibility index (Phi) is 7.68. The molecule has 0 spiro atoms. The zero-order chi connectivity index (χ0) is 15.0. The summed E-state index contributed by atoms with van der Waals surface area (Å²) in [4.78, 5) is 12.0. The Morgan fingerprint density at radius 1 is 1.15 bits per heavy atom. The molecule has 20 heavy (non-hydrogen) atoms. The number of aryl methyl sites for hydroxylation is 2. The lowest BCUT2D eigenvalue weighted by molar-refractivity contribution is 0.0988. The zero-order valence-corrected chi connectivity index (χ0v) is 13.6. The van der Waals surface area contributed by atoms with Crippen LogP contribution in [0.4, 0.5) is 0 Å². The third kappa shape index (κ3) is 5.16. The summed E-state index contributed by atoms with van der Waals surface area (Å²) in [5.41, 5.74) is 2.75. The number of hydrogen-bond donors (Lipinski definition) is 0. The molecule has 0 unspecified atom stereocenters. The maximum Gasteiger partial charge on any atom is 0.164 e. The van der Waals surface area contributed by atoms with Crippen molar-refractivity contribution in [1.82, 2.24) is 0 Å². The van der Waals surface area contributed by atoms with Crippen molar-refractivity contribution in [3.05, 3.63) is 28.8 Å². The second-order valence-electron chi connectivity index (χ2n) is 5.20. The summed E-state index contributed by atoms with van der Waals surface area (Å²) < 4.78 is 5.77. The Morgan fingerprint density at radius 3 is 2.35 bits per heavy atom. The summed E-state index contributed by atoms with van der Waals surface area (Å²) in [5, 5.41) is 0. The zero-order valence-electron chi connectivity index (χ0n) is 12.8. The molecule has 3 heteroatoms. The van der Waals surface area contributed by atoms with Gasteiger partial charge in [-0.3, -0.25) is 4.79 Å². The molecule has 0 fully saturated rings. The Labute approximate surface area is 127 Å². The maximum absolute atomic E-state index is 12.0. The molecule has 0 aliphatic rings. The molecule has 0 amide bonds. The first-order valence-corrected chi connectivity index (χ1v) is 7.96. The second kappa shape index (κ2) is 9.02. The number of carbonyl (C=O) groups is 1. The van der Waals surface area contributed by atoms with E-state index < -0.39 is 0 Å². The second-order valence-corrected chi connectivity index (χ2v) is 5.58. The first-order valence-electron chi connectivity index (χ1n) is 7.43. The third-order valence-corrected chi connectivity index (χ3v) is 3.56. The lowest BCUT2D eigenvalue weighted by atomic mass is 9.97. The number of benzene rings is 1. The van der Waals surface area contributed by atoms with Gasteiger partial charge in [0.15, 0.2) is 5.78 Å². The minimum atomic E-state index is 0.115. The summed E-state index contributed by atoms with van der Waals surface area (Å²) in [6, 6.07) is 3.91. The van der Waals surface area contributed by atoms with Crippen molar-refractivity contribution < 1.29 is 9.53 Å². The van der Waals surface area contributed by atoms with Gasteiger partial charge in [-0.1, -0.05) is 26.2 Å². The fraction of sp³-hybridized carbons (Fsp3) is 0.588. The van der Waals surface area contributed by atoms with E-state index in [0.717, 1.165) is 35.5 Å². The van der Waals surface area contributed by atoms with Crippen molar-refractivity contribution in [2.45, 2.75) is 52.9 Å². The molecule has 1 rings (SSSR count). The molecular weight excluding hydrogens is 272 g/mol. The molecule has 2 nitrogen and oxygen atoms in total. The molecule has 1 aromatic carbocycles. The predicted octanol–water partition coefficient (Wildman–Crippen LogP) is 5.07. The van der Waals surface area contributed by atoms with Gasteiger partial charge >= 0.3 is 0 Å². The highest BCUT2D eigenvalue weighted by molar-refractivity contribution is 6.19. The molecule has 0 bridgehead atoms. The van der Waals surface area contributed by atoms with Crippen molar-refractivity contribution in [3.8, 4) is 5.75 Å². The van der Waals surface area contributed by atoms with Gasteiger partial charge in [-0.05, 0) is 43.5 Å². The molecule has 0 aromatic heterocycles. The number of Topliss-reactive ketones (excluding diaryl/α,β-unsaturated/α-hetero) is 1. The molecule has 1 aromatic rings. The smallest absolute Gasteiger partial charge is 0.164 e. The van der Waals surface area contributed by atoms with E-state index in [9.17, 15) is 4.79 Å². The molecule has 0 N–H and O–H groups in total.